The van der Waals surface area contributed by atoms with Gasteiger partial charge in [-0.05, 0) is 148 Å². The van der Waals surface area contributed by atoms with E-state index in [1.54, 1.807) is 0 Å². The maximum atomic E-state index is 9.67. The molecule has 0 radical (unpaired) electrons. The standard InChI is InChI=1S/C63H41N5/c1-65-47-26-34-52(35-27-47)67(54-37-39-62-60(41-54)56-17-10-11-19-61(56)68(62)48-14-6-3-7-15-48)51-32-24-45(25-33-51)44-22-30-50(31-23-44)66(49-28-20-43(42-64)21-29-49)53-36-38-58-59(40-53)55-16-8-9-18-57(55)63(58)46-12-4-2-5-13-46/h2-41,63H. The minimum atomic E-state index is 0.166. The summed E-state index contributed by atoms with van der Waals surface area (Å²) in [5.74, 6) is 0.166. The molecule has 1 heterocycles. The molecule has 12 rings (SSSR count). The molecule has 0 saturated heterocycles. The molecule has 10 aromatic carbocycles. The molecule has 1 aliphatic carbocycles. The van der Waals surface area contributed by atoms with Crippen molar-refractivity contribution in [3.05, 3.63) is 276 Å². The number of nitrogens with zero attached hydrogens (tertiary/aromatic N) is 5. The van der Waals surface area contributed by atoms with Gasteiger partial charge in [0.25, 0.3) is 0 Å². The summed E-state index contributed by atoms with van der Waals surface area (Å²) in [5, 5.41) is 12.0. The van der Waals surface area contributed by atoms with Gasteiger partial charge in [0.15, 0.2) is 5.69 Å². The summed E-state index contributed by atoms with van der Waals surface area (Å²) in [6, 6.07) is 87.6. The Labute approximate surface area is 395 Å². The predicted molar refractivity (Wildman–Crippen MR) is 279 cm³/mol. The van der Waals surface area contributed by atoms with E-state index < -0.39 is 0 Å². The van der Waals surface area contributed by atoms with Crippen LogP contribution in [0.4, 0.5) is 39.8 Å². The molecule has 0 amide bonds. The first-order valence-electron chi connectivity index (χ1n) is 22.8. The Morgan fingerprint density at radius 2 is 0.926 bits per heavy atom. The van der Waals surface area contributed by atoms with Crippen molar-refractivity contribution in [2.75, 3.05) is 9.80 Å². The zero-order chi connectivity index (χ0) is 45.6. The van der Waals surface area contributed by atoms with Crippen molar-refractivity contribution in [1.82, 2.24) is 4.57 Å². The lowest BCUT2D eigenvalue weighted by atomic mass is 9.89. The Balaban J connectivity index is 0.906. The number of hydrogen-bond acceptors (Lipinski definition) is 3. The highest BCUT2D eigenvalue weighted by Gasteiger charge is 2.30. The molecule has 5 nitrogen and oxygen atoms in total. The lowest BCUT2D eigenvalue weighted by Gasteiger charge is -2.27. The summed E-state index contributed by atoms with van der Waals surface area (Å²) in [6.07, 6.45) is 0. The molecule has 1 unspecified atom stereocenters. The summed E-state index contributed by atoms with van der Waals surface area (Å²) in [7, 11) is 0. The van der Waals surface area contributed by atoms with E-state index in [0.717, 1.165) is 67.4 Å². The van der Waals surface area contributed by atoms with E-state index >= 15 is 0 Å². The Morgan fingerprint density at radius 3 is 1.57 bits per heavy atom. The van der Waals surface area contributed by atoms with Crippen LogP contribution in [0.2, 0.25) is 0 Å². The quantitative estimate of drug-likeness (QED) is 0.136. The second-order valence-electron chi connectivity index (χ2n) is 17.1. The number of rotatable bonds is 9. The van der Waals surface area contributed by atoms with Crippen molar-refractivity contribution in [3.8, 4) is 34.0 Å². The summed E-state index contributed by atoms with van der Waals surface area (Å²) >= 11 is 0. The number of anilines is 6. The maximum Gasteiger partial charge on any atom is 0.187 e. The van der Waals surface area contributed by atoms with E-state index in [0.29, 0.717) is 11.3 Å². The van der Waals surface area contributed by atoms with E-state index in [2.05, 4.69) is 219 Å². The highest BCUT2D eigenvalue weighted by atomic mass is 15.1. The van der Waals surface area contributed by atoms with Crippen molar-refractivity contribution < 1.29 is 0 Å². The first-order chi connectivity index (χ1) is 33.6. The van der Waals surface area contributed by atoms with Crippen molar-refractivity contribution in [2.24, 2.45) is 0 Å². The van der Waals surface area contributed by atoms with Gasteiger partial charge >= 0.3 is 0 Å². The fraction of sp³-hybridized carbons (Fsp3) is 0.0159. The van der Waals surface area contributed by atoms with Gasteiger partial charge in [-0.2, -0.15) is 5.26 Å². The van der Waals surface area contributed by atoms with Crippen molar-refractivity contribution in [3.63, 3.8) is 0 Å². The third-order valence-corrected chi connectivity index (χ3v) is 13.3. The zero-order valence-corrected chi connectivity index (χ0v) is 36.9. The van der Waals surface area contributed by atoms with Crippen LogP contribution in [0.15, 0.2) is 243 Å². The van der Waals surface area contributed by atoms with E-state index in [1.165, 1.54) is 33.2 Å². The van der Waals surface area contributed by atoms with Gasteiger partial charge in [0.1, 0.15) is 0 Å². The van der Waals surface area contributed by atoms with Crippen molar-refractivity contribution >= 4 is 61.6 Å². The SMILES string of the molecule is [C-]#[N+]c1ccc(N(c2ccc(-c3ccc(N(c4ccc(C#N)cc4)c4ccc5c(c4)-c4ccccc4C5c4ccccc4)cc3)cc2)c2ccc3c(c2)c2ccccc2n3-c2ccccc2)cc1. The van der Waals surface area contributed by atoms with Gasteiger partial charge in [-0.25, -0.2) is 4.85 Å². The van der Waals surface area contributed by atoms with Crippen LogP contribution < -0.4 is 9.80 Å². The van der Waals surface area contributed by atoms with Gasteiger partial charge in [0.05, 0.1) is 29.2 Å². The molecule has 1 aliphatic rings. The highest BCUT2D eigenvalue weighted by Crippen LogP contribution is 2.50. The summed E-state index contributed by atoms with van der Waals surface area (Å²) in [6.45, 7) is 7.61. The number of hydrogen-bond donors (Lipinski definition) is 0. The predicted octanol–water partition coefficient (Wildman–Crippen LogP) is 17.0. The van der Waals surface area contributed by atoms with Gasteiger partial charge in [0, 0.05) is 56.5 Å². The number of aromatic nitrogens is 1. The second kappa shape index (κ2) is 16.9. The lowest BCUT2D eigenvalue weighted by Crippen LogP contribution is -2.10. The largest absolute Gasteiger partial charge is 0.311 e. The maximum absolute atomic E-state index is 9.67. The molecular weight excluding hydrogens is 827 g/mol. The number of nitriles is 1. The molecule has 5 heteroatoms. The normalized spacial score (nSPS) is 12.5. The topological polar surface area (TPSA) is 39.6 Å². The average Bonchev–Trinajstić information content (AvgIpc) is 3.92. The van der Waals surface area contributed by atoms with Crippen LogP contribution in [-0.4, -0.2) is 4.57 Å². The van der Waals surface area contributed by atoms with E-state index in [9.17, 15) is 5.26 Å². The fourth-order valence-electron chi connectivity index (χ4n) is 10.2. The molecule has 0 fully saturated rings. The van der Waals surface area contributed by atoms with Crippen LogP contribution in [0.25, 0.3) is 54.6 Å². The third-order valence-electron chi connectivity index (χ3n) is 13.3. The molecule has 0 aliphatic heterocycles. The Kier molecular flexibility index (Phi) is 9.94. The average molecular weight is 868 g/mol. The molecular formula is C63H41N5. The van der Waals surface area contributed by atoms with Crippen molar-refractivity contribution in [2.45, 2.75) is 5.92 Å². The van der Waals surface area contributed by atoms with E-state index in [1.807, 2.05) is 48.5 Å². The molecule has 0 bridgehead atoms. The smallest absolute Gasteiger partial charge is 0.187 e. The van der Waals surface area contributed by atoms with Gasteiger partial charge < -0.3 is 14.4 Å². The van der Waals surface area contributed by atoms with Gasteiger partial charge in [0.2, 0.25) is 0 Å². The number of para-hydroxylation sites is 2. The van der Waals surface area contributed by atoms with E-state index in [4.69, 9.17) is 6.57 Å². The Hall–Kier alpha value is -9.42. The lowest BCUT2D eigenvalue weighted by molar-refractivity contribution is 1.01. The van der Waals surface area contributed by atoms with Crippen molar-refractivity contribution in [1.29, 1.82) is 5.26 Å². The fourth-order valence-corrected chi connectivity index (χ4v) is 10.2. The molecule has 0 spiro atoms. The highest BCUT2D eigenvalue weighted by molar-refractivity contribution is 6.10. The number of benzene rings is 10. The van der Waals surface area contributed by atoms with Crippen LogP contribution in [0.3, 0.4) is 0 Å². The first kappa shape index (κ1) is 40.1. The second-order valence-corrected chi connectivity index (χ2v) is 17.1. The van der Waals surface area contributed by atoms with E-state index in [-0.39, 0.29) is 5.92 Å². The number of fused-ring (bicyclic) bond motifs is 6. The molecule has 11 aromatic rings. The summed E-state index contributed by atoms with van der Waals surface area (Å²) in [4.78, 5) is 8.22. The van der Waals surface area contributed by atoms with Crippen LogP contribution in [0, 0.1) is 17.9 Å². The molecule has 0 saturated carbocycles. The minimum Gasteiger partial charge on any atom is -0.311 e. The summed E-state index contributed by atoms with van der Waals surface area (Å²) in [5.41, 5.74) is 19.2. The van der Waals surface area contributed by atoms with Gasteiger partial charge in [-0.3, -0.25) is 0 Å². The monoisotopic (exact) mass is 867 g/mol. The zero-order valence-electron chi connectivity index (χ0n) is 36.9. The van der Waals surface area contributed by atoms with Crippen LogP contribution in [0.5, 0.6) is 0 Å². The molecule has 1 aromatic heterocycles. The molecule has 1 atom stereocenters. The minimum absolute atomic E-state index is 0.166. The third kappa shape index (κ3) is 6.95. The van der Waals surface area contributed by atoms with Crippen LogP contribution in [0.1, 0.15) is 28.2 Å². The Bertz CT molecular complexity index is 3730. The molecule has 318 valence electrons. The Morgan fingerprint density at radius 1 is 0.426 bits per heavy atom. The first-order valence-corrected chi connectivity index (χ1v) is 22.8. The van der Waals surface area contributed by atoms with Crippen LogP contribution >= 0.6 is 0 Å². The van der Waals surface area contributed by atoms with Crippen LogP contribution in [-0.2, 0) is 0 Å². The molecule has 68 heavy (non-hydrogen) atoms. The van der Waals surface area contributed by atoms with Gasteiger partial charge in [-0.1, -0.05) is 133 Å². The summed E-state index contributed by atoms with van der Waals surface area (Å²) < 4.78 is 2.33. The van der Waals surface area contributed by atoms with Gasteiger partial charge in [-0.15, -0.1) is 0 Å². The molecule has 0 N–H and O–H groups in total.